The van der Waals surface area contributed by atoms with Crippen LogP contribution in [0.2, 0.25) is 0 Å². The molecule has 45 heavy (non-hydrogen) atoms. The highest BCUT2D eigenvalue weighted by molar-refractivity contribution is 5.80. The van der Waals surface area contributed by atoms with Crippen LogP contribution < -0.4 is 5.32 Å². The van der Waals surface area contributed by atoms with E-state index in [-0.39, 0.29) is 6.61 Å². The quantitative estimate of drug-likeness (QED) is 0.0412. The van der Waals surface area contributed by atoms with Crippen molar-refractivity contribution >= 4 is 5.91 Å². The van der Waals surface area contributed by atoms with Gasteiger partial charge >= 0.3 is 0 Å². The van der Waals surface area contributed by atoms with Crippen molar-refractivity contribution in [2.24, 2.45) is 0 Å². The molecular weight excluding hydrogens is 558 g/mol. The molecule has 5 nitrogen and oxygen atoms in total. The summed E-state index contributed by atoms with van der Waals surface area (Å²) in [5, 5.41) is 32.8. The lowest BCUT2D eigenvalue weighted by molar-refractivity contribution is -0.131. The molecule has 0 aromatic heterocycles. The third-order valence-electron chi connectivity index (χ3n) is 9.04. The molecule has 0 aliphatic carbocycles. The van der Waals surface area contributed by atoms with Crippen LogP contribution in [0.15, 0.2) is 24.3 Å². The minimum Gasteiger partial charge on any atom is -0.394 e. The third-order valence-corrected chi connectivity index (χ3v) is 9.04. The van der Waals surface area contributed by atoms with E-state index in [9.17, 15) is 20.1 Å². The van der Waals surface area contributed by atoms with E-state index in [2.05, 4.69) is 31.3 Å². The number of unbranched alkanes of at least 4 members (excludes halogenated alkanes) is 25. The fourth-order valence-electron chi connectivity index (χ4n) is 5.91. The largest absolute Gasteiger partial charge is 0.394 e. The minimum absolute atomic E-state index is 0.374. The number of amides is 1. The number of nitrogens with one attached hydrogen (secondary N) is 1. The van der Waals surface area contributed by atoms with Crippen LogP contribution in [0, 0.1) is 0 Å². The molecule has 3 atom stereocenters. The van der Waals surface area contributed by atoms with Gasteiger partial charge in [-0.05, 0) is 32.1 Å². The summed E-state index contributed by atoms with van der Waals surface area (Å²) < 4.78 is 0. The summed E-state index contributed by atoms with van der Waals surface area (Å²) in [7, 11) is 0. The van der Waals surface area contributed by atoms with E-state index in [1.54, 1.807) is 6.08 Å². The summed E-state index contributed by atoms with van der Waals surface area (Å²) >= 11 is 0. The maximum absolute atomic E-state index is 12.4. The molecule has 1 amide bonds. The van der Waals surface area contributed by atoms with Gasteiger partial charge in [0.1, 0.15) is 6.10 Å². The van der Waals surface area contributed by atoms with Crippen LogP contribution in [-0.4, -0.2) is 46.1 Å². The van der Waals surface area contributed by atoms with Crippen molar-refractivity contribution < 1.29 is 20.1 Å². The molecule has 0 heterocycles. The van der Waals surface area contributed by atoms with E-state index in [0.29, 0.717) is 6.42 Å². The van der Waals surface area contributed by atoms with Crippen LogP contribution >= 0.6 is 0 Å². The second kappa shape index (κ2) is 35.7. The summed E-state index contributed by atoms with van der Waals surface area (Å²) in [6.45, 7) is 4.11. The first-order chi connectivity index (χ1) is 22.1. The predicted octanol–water partition coefficient (Wildman–Crippen LogP) is 10.7. The topological polar surface area (TPSA) is 89.8 Å². The molecule has 5 heteroatoms. The Morgan fingerprint density at radius 3 is 1.36 bits per heavy atom. The Hall–Kier alpha value is -1.17. The van der Waals surface area contributed by atoms with E-state index in [0.717, 1.165) is 38.5 Å². The lowest BCUT2D eigenvalue weighted by Gasteiger charge is -2.21. The fraction of sp³-hybridized carbons (Fsp3) is 0.875. The second-order valence-corrected chi connectivity index (χ2v) is 13.5. The first kappa shape index (κ1) is 43.8. The van der Waals surface area contributed by atoms with Gasteiger partial charge in [-0.1, -0.05) is 192 Å². The molecule has 0 radical (unpaired) electrons. The van der Waals surface area contributed by atoms with Crippen molar-refractivity contribution in [1.29, 1.82) is 0 Å². The molecule has 0 aromatic carbocycles. The van der Waals surface area contributed by atoms with Gasteiger partial charge in [0.2, 0.25) is 5.91 Å². The molecule has 0 aliphatic heterocycles. The van der Waals surface area contributed by atoms with Crippen LogP contribution in [0.5, 0.6) is 0 Å². The van der Waals surface area contributed by atoms with Crippen molar-refractivity contribution in [3.8, 4) is 0 Å². The van der Waals surface area contributed by atoms with Gasteiger partial charge in [-0.2, -0.15) is 0 Å². The number of rotatable bonds is 35. The molecule has 0 spiro atoms. The molecule has 0 saturated carbocycles. The summed E-state index contributed by atoms with van der Waals surface area (Å²) in [4.78, 5) is 12.4. The third kappa shape index (κ3) is 31.2. The lowest BCUT2D eigenvalue weighted by Crippen LogP contribution is -2.48. The number of aliphatic hydroxyl groups excluding tert-OH is 3. The Bertz CT molecular complexity index is 665. The van der Waals surface area contributed by atoms with Gasteiger partial charge in [-0.3, -0.25) is 4.79 Å². The van der Waals surface area contributed by atoms with Crippen LogP contribution in [0.1, 0.15) is 200 Å². The first-order valence-corrected chi connectivity index (χ1v) is 19.7. The zero-order valence-electron chi connectivity index (χ0n) is 30.0. The van der Waals surface area contributed by atoms with Gasteiger partial charge in [0.15, 0.2) is 0 Å². The van der Waals surface area contributed by atoms with Gasteiger partial charge in [0, 0.05) is 0 Å². The van der Waals surface area contributed by atoms with Crippen molar-refractivity contribution in [3.63, 3.8) is 0 Å². The first-order valence-electron chi connectivity index (χ1n) is 19.7. The number of carbonyl (C=O) groups is 1. The summed E-state index contributed by atoms with van der Waals surface area (Å²) in [6.07, 6.45) is 42.2. The normalized spacial score (nSPS) is 14.0. The van der Waals surface area contributed by atoms with Crippen molar-refractivity contribution in [2.45, 2.75) is 218 Å². The zero-order valence-corrected chi connectivity index (χ0v) is 30.0. The molecule has 0 aliphatic rings. The molecule has 266 valence electrons. The Morgan fingerprint density at radius 2 is 0.911 bits per heavy atom. The van der Waals surface area contributed by atoms with Crippen molar-refractivity contribution in [1.82, 2.24) is 5.32 Å². The van der Waals surface area contributed by atoms with E-state index in [1.165, 1.54) is 141 Å². The number of allylic oxidation sites excluding steroid dienone is 3. The highest BCUT2D eigenvalue weighted by Gasteiger charge is 2.22. The van der Waals surface area contributed by atoms with Crippen LogP contribution in [-0.2, 0) is 4.79 Å². The minimum atomic E-state index is -1.10. The number of carbonyl (C=O) groups excluding carboxylic acids is 1. The van der Waals surface area contributed by atoms with E-state index in [1.807, 2.05) is 6.08 Å². The molecule has 0 fully saturated rings. The molecule has 0 aromatic rings. The molecule has 0 saturated heterocycles. The smallest absolute Gasteiger partial charge is 0.249 e. The van der Waals surface area contributed by atoms with Crippen LogP contribution in [0.4, 0.5) is 0 Å². The monoisotopic (exact) mass is 636 g/mol. The Balaban J connectivity index is 3.60. The van der Waals surface area contributed by atoms with E-state index >= 15 is 0 Å². The average Bonchev–Trinajstić information content (AvgIpc) is 3.04. The van der Waals surface area contributed by atoms with Gasteiger partial charge in [0.25, 0.3) is 0 Å². The zero-order chi connectivity index (χ0) is 33.1. The number of aliphatic hydroxyl groups is 3. The maximum Gasteiger partial charge on any atom is 0.249 e. The van der Waals surface area contributed by atoms with Gasteiger partial charge in [0.05, 0.1) is 18.8 Å². The van der Waals surface area contributed by atoms with Gasteiger partial charge < -0.3 is 20.6 Å². The van der Waals surface area contributed by atoms with E-state index < -0.39 is 24.2 Å². The Morgan fingerprint density at radius 1 is 0.533 bits per heavy atom. The fourth-order valence-corrected chi connectivity index (χ4v) is 5.91. The molecule has 0 bridgehead atoms. The van der Waals surface area contributed by atoms with Gasteiger partial charge in [-0.15, -0.1) is 0 Å². The Labute approximate surface area is 280 Å². The molecule has 3 unspecified atom stereocenters. The summed E-state index contributed by atoms with van der Waals surface area (Å²) in [5.74, 6) is -0.514. The maximum atomic E-state index is 12.4. The molecule has 4 N–H and O–H groups in total. The highest BCUT2D eigenvalue weighted by atomic mass is 16.3. The van der Waals surface area contributed by atoms with Crippen LogP contribution in [0.3, 0.4) is 0 Å². The lowest BCUT2D eigenvalue weighted by atomic mass is 10.0. The number of hydrogen-bond donors (Lipinski definition) is 4. The van der Waals surface area contributed by atoms with Crippen molar-refractivity contribution in [2.75, 3.05) is 6.61 Å². The number of hydrogen-bond acceptors (Lipinski definition) is 4. The molecule has 0 rings (SSSR count). The summed E-state index contributed by atoms with van der Waals surface area (Å²) in [6, 6.07) is -0.808. The predicted molar refractivity (Wildman–Crippen MR) is 195 cm³/mol. The second-order valence-electron chi connectivity index (χ2n) is 13.5. The molecular formula is C40H77NO4. The van der Waals surface area contributed by atoms with E-state index in [4.69, 9.17) is 0 Å². The van der Waals surface area contributed by atoms with Crippen molar-refractivity contribution in [3.05, 3.63) is 24.3 Å². The standard InChI is InChI=1S/C40H77NO4/c1-3-5-7-9-11-13-14-15-16-17-18-19-20-21-22-23-24-25-27-29-31-33-35-39(44)40(45)41-37(36-42)38(43)34-32-30-28-26-12-10-8-6-4-2/h12,26,32,34,37-39,42-44H,3-11,13-25,27-31,33,35-36H2,1-2H3,(H,41,45)/b26-12+,34-32+. The van der Waals surface area contributed by atoms with Gasteiger partial charge in [-0.25, -0.2) is 0 Å². The highest BCUT2D eigenvalue weighted by Crippen LogP contribution is 2.16. The average molecular weight is 636 g/mol. The SMILES string of the molecule is CCCCC/C=C/CC/C=C/C(O)C(CO)NC(=O)C(O)CCCCCCCCCCCCCCCCCCCCCCCC. The summed E-state index contributed by atoms with van der Waals surface area (Å²) in [5.41, 5.74) is 0. The van der Waals surface area contributed by atoms with Crippen LogP contribution in [0.25, 0.3) is 0 Å². The Kier molecular flexibility index (Phi) is 34.8.